The van der Waals surface area contributed by atoms with Crippen molar-refractivity contribution in [2.45, 2.75) is 39.2 Å². The molecule has 0 aliphatic carbocycles. The van der Waals surface area contributed by atoms with E-state index in [9.17, 15) is 4.79 Å². The molecule has 2 heterocycles. The van der Waals surface area contributed by atoms with Crippen LogP contribution < -0.4 is 0 Å². The largest absolute Gasteiger partial charge is 0.340 e. The summed E-state index contributed by atoms with van der Waals surface area (Å²) in [5.41, 5.74) is 1.22. The number of hydrogen-bond donors (Lipinski definition) is 0. The van der Waals surface area contributed by atoms with Crippen LogP contribution in [-0.2, 0) is 4.79 Å². The number of nitrogens with zero attached hydrogens (tertiary/aromatic N) is 4. The monoisotopic (exact) mass is 342 g/mol. The summed E-state index contributed by atoms with van der Waals surface area (Å²) >= 11 is 0. The van der Waals surface area contributed by atoms with Gasteiger partial charge in [0.2, 0.25) is 11.8 Å². The van der Waals surface area contributed by atoms with Crippen molar-refractivity contribution < 1.29 is 9.32 Å². The molecule has 134 valence electrons. The van der Waals surface area contributed by atoms with E-state index in [4.69, 9.17) is 4.52 Å². The average molecular weight is 342 g/mol. The number of aromatic nitrogens is 2. The normalized spacial score (nSPS) is 18.1. The van der Waals surface area contributed by atoms with Crippen molar-refractivity contribution in [3.63, 3.8) is 0 Å². The molecule has 2 atom stereocenters. The maximum Gasteiger partial charge on any atom is 0.243 e. The lowest BCUT2D eigenvalue weighted by molar-refractivity contribution is -0.133. The van der Waals surface area contributed by atoms with Crippen LogP contribution in [0.3, 0.4) is 0 Å². The summed E-state index contributed by atoms with van der Waals surface area (Å²) in [4.78, 5) is 21.2. The van der Waals surface area contributed by atoms with Gasteiger partial charge in [0.15, 0.2) is 5.82 Å². The molecule has 2 aromatic rings. The van der Waals surface area contributed by atoms with Crippen LogP contribution in [0.25, 0.3) is 0 Å². The molecule has 3 rings (SSSR count). The average Bonchev–Trinajstić information content (AvgIpc) is 3.08. The number of benzene rings is 1. The van der Waals surface area contributed by atoms with Gasteiger partial charge in [0.25, 0.3) is 0 Å². The van der Waals surface area contributed by atoms with E-state index in [1.54, 1.807) is 0 Å². The Balaban J connectivity index is 1.51. The highest BCUT2D eigenvalue weighted by Gasteiger charge is 2.27. The van der Waals surface area contributed by atoms with Crippen molar-refractivity contribution >= 4 is 5.91 Å². The van der Waals surface area contributed by atoms with Gasteiger partial charge in [-0.1, -0.05) is 42.4 Å². The molecular formula is C19H26N4O2. The fraction of sp³-hybridized carbons (Fsp3) is 0.526. The SMILES string of the molecule is Cc1noc([C@H](C)N2CCN(C(=O)C[C@H](C)c3ccccc3)CC2)n1. The number of aryl methyl sites for hydroxylation is 1. The number of rotatable bonds is 5. The first-order valence-electron chi connectivity index (χ1n) is 8.91. The summed E-state index contributed by atoms with van der Waals surface area (Å²) < 4.78 is 5.27. The molecule has 0 N–H and O–H groups in total. The third-order valence-corrected chi connectivity index (χ3v) is 4.96. The first-order chi connectivity index (χ1) is 12.0. The Bertz CT molecular complexity index is 692. The molecule has 1 aromatic heterocycles. The van der Waals surface area contributed by atoms with Gasteiger partial charge in [-0.25, -0.2) is 0 Å². The molecule has 0 saturated carbocycles. The van der Waals surface area contributed by atoms with Gasteiger partial charge in [-0.2, -0.15) is 4.98 Å². The summed E-state index contributed by atoms with van der Waals surface area (Å²) in [6.07, 6.45) is 0.558. The molecule has 0 bridgehead atoms. The molecule has 6 heteroatoms. The van der Waals surface area contributed by atoms with E-state index in [0.29, 0.717) is 18.1 Å². The lowest BCUT2D eigenvalue weighted by Gasteiger charge is -2.37. The second-order valence-corrected chi connectivity index (χ2v) is 6.79. The Labute approximate surface area is 148 Å². The summed E-state index contributed by atoms with van der Waals surface area (Å²) in [6.45, 7) is 9.16. The van der Waals surface area contributed by atoms with Crippen molar-refractivity contribution in [2.24, 2.45) is 0 Å². The van der Waals surface area contributed by atoms with Crippen molar-refractivity contribution in [1.29, 1.82) is 0 Å². The Hall–Kier alpha value is -2.21. The summed E-state index contributed by atoms with van der Waals surface area (Å²) in [5.74, 6) is 1.78. The van der Waals surface area contributed by atoms with Crippen LogP contribution in [0.2, 0.25) is 0 Å². The van der Waals surface area contributed by atoms with Crippen LogP contribution in [0, 0.1) is 6.92 Å². The summed E-state index contributed by atoms with van der Waals surface area (Å²) in [5, 5.41) is 3.86. The van der Waals surface area contributed by atoms with Gasteiger partial charge in [-0.05, 0) is 25.3 Å². The number of amides is 1. The van der Waals surface area contributed by atoms with Crippen molar-refractivity contribution in [1.82, 2.24) is 19.9 Å². The molecule has 1 aliphatic rings. The van der Waals surface area contributed by atoms with Crippen LogP contribution >= 0.6 is 0 Å². The van der Waals surface area contributed by atoms with Crippen LogP contribution in [0.4, 0.5) is 0 Å². The van der Waals surface area contributed by atoms with Gasteiger partial charge >= 0.3 is 0 Å². The van der Waals surface area contributed by atoms with Gasteiger partial charge in [-0.15, -0.1) is 0 Å². The van der Waals surface area contributed by atoms with Gasteiger partial charge in [-0.3, -0.25) is 9.69 Å². The number of carbonyl (C=O) groups excluding carboxylic acids is 1. The minimum Gasteiger partial charge on any atom is -0.340 e. The fourth-order valence-corrected chi connectivity index (χ4v) is 3.29. The van der Waals surface area contributed by atoms with Crippen molar-refractivity contribution in [2.75, 3.05) is 26.2 Å². The van der Waals surface area contributed by atoms with E-state index in [-0.39, 0.29) is 17.9 Å². The highest BCUT2D eigenvalue weighted by atomic mass is 16.5. The minimum atomic E-state index is 0.0849. The van der Waals surface area contributed by atoms with E-state index in [1.165, 1.54) is 5.56 Å². The molecule has 1 fully saturated rings. The zero-order valence-electron chi connectivity index (χ0n) is 15.2. The number of hydrogen-bond acceptors (Lipinski definition) is 5. The lowest BCUT2D eigenvalue weighted by Crippen LogP contribution is -2.49. The third-order valence-electron chi connectivity index (χ3n) is 4.96. The number of piperazine rings is 1. The molecular weight excluding hydrogens is 316 g/mol. The molecule has 1 aromatic carbocycles. The Kier molecular flexibility index (Phi) is 5.48. The number of carbonyl (C=O) groups is 1. The highest BCUT2D eigenvalue weighted by Crippen LogP contribution is 2.22. The lowest BCUT2D eigenvalue weighted by atomic mass is 9.97. The van der Waals surface area contributed by atoms with E-state index in [0.717, 1.165) is 26.2 Å². The van der Waals surface area contributed by atoms with E-state index >= 15 is 0 Å². The molecule has 0 spiro atoms. The smallest absolute Gasteiger partial charge is 0.243 e. The first kappa shape index (κ1) is 17.6. The molecule has 1 amide bonds. The predicted octanol–water partition coefficient (Wildman–Crippen LogP) is 2.78. The van der Waals surface area contributed by atoms with Crippen LogP contribution in [0.5, 0.6) is 0 Å². The molecule has 0 radical (unpaired) electrons. The third kappa shape index (κ3) is 4.25. The Morgan fingerprint density at radius 3 is 2.44 bits per heavy atom. The second kappa shape index (κ2) is 7.78. The summed E-state index contributed by atoms with van der Waals surface area (Å²) in [6, 6.07) is 10.3. The van der Waals surface area contributed by atoms with E-state index in [2.05, 4.69) is 41.0 Å². The maximum absolute atomic E-state index is 12.6. The van der Waals surface area contributed by atoms with Crippen LogP contribution in [0.1, 0.15) is 49.5 Å². The summed E-state index contributed by atoms with van der Waals surface area (Å²) in [7, 11) is 0. The van der Waals surface area contributed by atoms with Gasteiger partial charge in [0.1, 0.15) is 0 Å². The Morgan fingerprint density at radius 1 is 1.16 bits per heavy atom. The molecule has 1 aliphatic heterocycles. The molecule has 6 nitrogen and oxygen atoms in total. The molecule has 1 saturated heterocycles. The van der Waals surface area contributed by atoms with Crippen molar-refractivity contribution in [3.8, 4) is 0 Å². The quantitative estimate of drug-likeness (QED) is 0.836. The van der Waals surface area contributed by atoms with Gasteiger partial charge in [0.05, 0.1) is 6.04 Å². The van der Waals surface area contributed by atoms with Gasteiger partial charge in [0, 0.05) is 32.6 Å². The molecule has 25 heavy (non-hydrogen) atoms. The van der Waals surface area contributed by atoms with E-state index in [1.807, 2.05) is 30.0 Å². The zero-order valence-corrected chi connectivity index (χ0v) is 15.2. The zero-order chi connectivity index (χ0) is 17.8. The van der Waals surface area contributed by atoms with Crippen molar-refractivity contribution in [3.05, 3.63) is 47.6 Å². The second-order valence-electron chi connectivity index (χ2n) is 6.79. The minimum absolute atomic E-state index is 0.0849. The first-order valence-corrected chi connectivity index (χ1v) is 8.91. The van der Waals surface area contributed by atoms with Gasteiger partial charge < -0.3 is 9.42 Å². The van der Waals surface area contributed by atoms with Crippen LogP contribution in [-0.4, -0.2) is 52.0 Å². The van der Waals surface area contributed by atoms with E-state index < -0.39 is 0 Å². The maximum atomic E-state index is 12.6. The fourth-order valence-electron chi connectivity index (χ4n) is 3.29. The predicted molar refractivity (Wildman–Crippen MR) is 95.1 cm³/mol. The molecule has 0 unspecified atom stereocenters. The Morgan fingerprint density at radius 2 is 1.84 bits per heavy atom. The topological polar surface area (TPSA) is 62.5 Å². The van der Waals surface area contributed by atoms with Crippen LogP contribution in [0.15, 0.2) is 34.9 Å². The highest BCUT2D eigenvalue weighted by molar-refractivity contribution is 5.77. The standard InChI is InChI=1S/C19H26N4O2/c1-14(17-7-5-4-6-8-17)13-18(24)23-11-9-22(10-12-23)15(2)19-20-16(3)21-25-19/h4-8,14-15H,9-13H2,1-3H3/t14-,15-/m0/s1.